The molecule has 1 fully saturated rings. The predicted molar refractivity (Wildman–Crippen MR) is 60.0 cm³/mol. The third kappa shape index (κ3) is 2.36. The van der Waals surface area contributed by atoms with Crippen molar-refractivity contribution in [1.82, 2.24) is 4.98 Å². The highest BCUT2D eigenvalue weighted by molar-refractivity contribution is 5.38. The minimum atomic E-state index is -0.372. The molecule has 5 nitrogen and oxygen atoms in total. The lowest BCUT2D eigenvalue weighted by atomic mass is 10.1. The van der Waals surface area contributed by atoms with Crippen LogP contribution in [0.2, 0.25) is 0 Å². The van der Waals surface area contributed by atoms with Crippen molar-refractivity contribution >= 4 is 5.69 Å². The Balaban J connectivity index is 2.15. The molecule has 1 aromatic rings. The first-order chi connectivity index (χ1) is 7.58. The van der Waals surface area contributed by atoms with E-state index in [1.54, 1.807) is 13.1 Å². The van der Waals surface area contributed by atoms with E-state index in [0.717, 1.165) is 5.69 Å². The van der Waals surface area contributed by atoms with Crippen molar-refractivity contribution in [3.63, 3.8) is 0 Å². The van der Waals surface area contributed by atoms with Crippen LogP contribution in [0.5, 0.6) is 0 Å². The van der Waals surface area contributed by atoms with Crippen LogP contribution in [-0.2, 0) is 6.42 Å². The Labute approximate surface area is 93.8 Å². The molecule has 0 aliphatic heterocycles. The summed E-state index contributed by atoms with van der Waals surface area (Å²) in [6.07, 6.45) is 4.53. The van der Waals surface area contributed by atoms with Gasteiger partial charge in [-0.1, -0.05) is 0 Å². The second-order valence-electron chi connectivity index (χ2n) is 4.42. The maximum absolute atomic E-state index is 10.8. The van der Waals surface area contributed by atoms with Crippen LogP contribution in [0.1, 0.15) is 24.1 Å². The number of rotatable bonds is 4. The number of nitrogens with zero attached hydrogens (tertiary/aromatic N) is 2. The van der Waals surface area contributed by atoms with Gasteiger partial charge in [0.05, 0.1) is 4.92 Å². The third-order valence-electron chi connectivity index (χ3n) is 3.00. The molecule has 1 aliphatic rings. The average molecular weight is 221 g/mol. The van der Waals surface area contributed by atoms with Crippen molar-refractivity contribution in [3.8, 4) is 0 Å². The molecule has 86 valence electrons. The zero-order chi connectivity index (χ0) is 11.7. The van der Waals surface area contributed by atoms with E-state index in [9.17, 15) is 10.1 Å². The maximum Gasteiger partial charge on any atom is 0.275 e. The summed E-state index contributed by atoms with van der Waals surface area (Å²) in [5.41, 5.74) is 7.41. The number of hydrogen-bond acceptors (Lipinski definition) is 4. The molecule has 0 spiro atoms. The van der Waals surface area contributed by atoms with Crippen molar-refractivity contribution in [2.45, 2.75) is 32.2 Å². The van der Waals surface area contributed by atoms with E-state index in [1.807, 2.05) is 0 Å². The topological polar surface area (TPSA) is 82.0 Å². The quantitative estimate of drug-likeness (QED) is 0.618. The maximum atomic E-state index is 10.8. The van der Waals surface area contributed by atoms with Gasteiger partial charge in [-0.05, 0) is 25.7 Å². The van der Waals surface area contributed by atoms with Gasteiger partial charge in [0.15, 0.2) is 0 Å². The highest BCUT2D eigenvalue weighted by Crippen LogP contribution is 2.33. The lowest BCUT2D eigenvalue weighted by Crippen LogP contribution is -2.25. The Morgan fingerprint density at radius 3 is 2.94 bits per heavy atom. The molecule has 0 aromatic carbocycles. The largest absolute Gasteiger partial charge is 0.327 e. The standard InChI is InChI=1S/C11H15N3O2/c1-7-6-13-9(5-11(7)14(15)16)4-10(12)8-2-3-8/h5-6,8,10H,2-4,12H2,1H3. The minimum Gasteiger partial charge on any atom is -0.327 e. The molecule has 0 radical (unpaired) electrons. The molecule has 1 aliphatic carbocycles. The van der Waals surface area contributed by atoms with Crippen molar-refractivity contribution in [2.24, 2.45) is 11.7 Å². The Hall–Kier alpha value is -1.49. The molecular formula is C11H15N3O2. The fraction of sp³-hybridized carbons (Fsp3) is 0.545. The lowest BCUT2D eigenvalue weighted by Gasteiger charge is -2.09. The van der Waals surface area contributed by atoms with E-state index in [-0.39, 0.29) is 16.7 Å². The van der Waals surface area contributed by atoms with Gasteiger partial charge in [0.1, 0.15) is 0 Å². The van der Waals surface area contributed by atoms with Crippen LogP contribution >= 0.6 is 0 Å². The molecule has 5 heteroatoms. The zero-order valence-corrected chi connectivity index (χ0v) is 9.22. The molecule has 16 heavy (non-hydrogen) atoms. The van der Waals surface area contributed by atoms with Gasteiger partial charge in [-0.3, -0.25) is 15.1 Å². The fourth-order valence-electron chi connectivity index (χ4n) is 1.80. The van der Waals surface area contributed by atoms with Crippen LogP contribution < -0.4 is 5.73 Å². The second-order valence-corrected chi connectivity index (χ2v) is 4.42. The molecule has 0 saturated heterocycles. The van der Waals surface area contributed by atoms with Gasteiger partial charge in [-0.2, -0.15) is 0 Å². The van der Waals surface area contributed by atoms with Crippen molar-refractivity contribution in [3.05, 3.63) is 33.6 Å². The summed E-state index contributed by atoms with van der Waals surface area (Å²) in [5.74, 6) is 0.585. The van der Waals surface area contributed by atoms with Gasteiger partial charge in [-0.15, -0.1) is 0 Å². The normalized spacial score (nSPS) is 17.1. The lowest BCUT2D eigenvalue weighted by molar-refractivity contribution is -0.385. The van der Waals surface area contributed by atoms with E-state index in [0.29, 0.717) is 17.9 Å². The fourth-order valence-corrected chi connectivity index (χ4v) is 1.80. The van der Waals surface area contributed by atoms with Crippen LogP contribution in [0.15, 0.2) is 12.3 Å². The molecule has 1 aromatic heterocycles. The Morgan fingerprint density at radius 2 is 2.38 bits per heavy atom. The van der Waals surface area contributed by atoms with Crippen LogP contribution in [0, 0.1) is 23.0 Å². The van der Waals surface area contributed by atoms with Gasteiger partial charge in [0, 0.05) is 36.0 Å². The highest BCUT2D eigenvalue weighted by Gasteiger charge is 2.29. The van der Waals surface area contributed by atoms with Gasteiger partial charge < -0.3 is 5.73 Å². The molecule has 1 unspecified atom stereocenters. The molecule has 2 rings (SSSR count). The first-order valence-corrected chi connectivity index (χ1v) is 5.43. The van der Waals surface area contributed by atoms with E-state index < -0.39 is 0 Å². The van der Waals surface area contributed by atoms with Crippen molar-refractivity contribution < 1.29 is 4.92 Å². The Morgan fingerprint density at radius 1 is 1.69 bits per heavy atom. The van der Waals surface area contributed by atoms with Crippen molar-refractivity contribution in [2.75, 3.05) is 0 Å². The van der Waals surface area contributed by atoms with Gasteiger partial charge in [0.25, 0.3) is 5.69 Å². The number of pyridine rings is 1. The summed E-state index contributed by atoms with van der Waals surface area (Å²) >= 11 is 0. The number of hydrogen-bond donors (Lipinski definition) is 1. The van der Waals surface area contributed by atoms with Crippen LogP contribution in [0.25, 0.3) is 0 Å². The predicted octanol–water partition coefficient (Wildman–Crippen LogP) is 1.58. The molecule has 1 atom stereocenters. The van der Waals surface area contributed by atoms with Gasteiger partial charge >= 0.3 is 0 Å². The molecule has 0 bridgehead atoms. The van der Waals surface area contributed by atoms with E-state index in [2.05, 4.69) is 4.98 Å². The summed E-state index contributed by atoms with van der Waals surface area (Å²) in [5, 5.41) is 10.8. The summed E-state index contributed by atoms with van der Waals surface area (Å²) in [6.45, 7) is 1.69. The van der Waals surface area contributed by atoms with E-state index in [4.69, 9.17) is 5.73 Å². The minimum absolute atomic E-state index is 0.0924. The molecule has 2 N–H and O–H groups in total. The van der Waals surface area contributed by atoms with Crippen LogP contribution in [0.4, 0.5) is 5.69 Å². The third-order valence-corrected chi connectivity index (χ3v) is 3.00. The number of nitrogens with two attached hydrogens (primary N) is 1. The Kier molecular flexibility index (Phi) is 2.87. The number of nitro groups is 1. The van der Waals surface area contributed by atoms with Crippen LogP contribution in [-0.4, -0.2) is 15.9 Å². The number of aryl methyl sites for hydroxylation is 1. The van der Waals surface area contributed by atoms with E-state index >= 15 is 0 Å². The first kappa shape index (κ1) is 11.0. The highest BCUT2D eigenvalue weighted by atomic mass is 16.6. The summed E-state index contributed by atoms with van der Waals surface area (Å²) < 4.78 is 0. The average Bonchev–Trinajstić information content (AvgIpc) is 3.03. The summed E-state index contributed by atoms with van der Waals surface area (Å²) in [4.78, 5) is 14.6. The van der Waals surface area contributed by atoms with Gasteiger partial charge in [0.2, 0.25) is 0 Å². The van der Waals surface area contributed by atoms with Gasteiger partial charge in [-0.25, -0.2) is 0 Å². The van der Waals surface area contributed by atoms with Crippen molar-refractivity contribution in [1.29, 1.82) is 0 Å². The summed E-state index contributed by atoms with van der Waals surface area (Å²) in [7, 11) is 0. The smallest absolute Gasteiger partial charge is 0.275 e. The second kappa shape index (κ2) is 4.17. The monoisotopic (exact) mass is 221 g/mol. The molecule has 1 heterocycles. The number of aromatic nitrogens is 1. The molecule has 1 saturated carbocycles. The molecule has 0 amide bonds. The first-order valence-electron chi connectivity index (χ1n) is 5.43. The SMILES string of the molecule is Cc1cnc(CC(N)C2CC2)cc1[N+](=O)[O-]. The van der Waals surface area contributed by atoms with Crippen LogP contribution in [0.3, 0.4) is 0 Å². The van der Waals surface area contributed by atoms with E-state index in [1.165, 1.54) is 18.9 Å². The summed E-state index contributed by atoms with van der Waals surface area (Å²) in [6, 6.07) is 1.63. The Bertz CT molecular complexity index is 416. The zero-order valence-electron chi connectivity index (χ0n) is 9.22. The molecular weight excluding hydrogens is 206 g/mol.